The van der Waals surface area contributed by atoms with Crippen molar-refractivity contribution in [3.05, 3.63) is 23.8 Å². The number of amides is 3. The predicted molar refractivity (Wildman–Crippen MR) is 102 cm³/mol. The minimum absolute atomic E-state index is 0.0267. The van der Waals surface area contributed by atoms with Crippen LogP contribution in [0.4, 0.5) is 10.5 Å². The summed E-state index contributed by atoms with van der Waals surface area (Å²) in [6.45, 7) is 6.86. The molecule has 1 aromatic rings. The second-order valence-corrected chi connectivity index (χ2v) is 7.44. The second-order valence-electron chi connectivity index (χ2n) is 7.44. The van der Waals surface area contributed by atoms with Crippen molar-refractivity contribution >= 4 is 17.6 Å². The Hall–Kier alpha value is -2.44. The van der Waals surface area contributed by atoms with Crippen molar-refractivity contribution in [1.29, 1.82) is 0 Å². The highest BCUT2D eigenvalue weighted by molar-refractivity contribution is 5.80. The number of ether oxygens (including phenoxy) is 1. The monoisotopic (exact) mass is 362 g/mol. The highest BCUT2D eigenvalue weighted by atomic mass is 16.5. The molecule has 0 spiro atoms. The quantitative estimate of drug-likeness (QED) is 0.802. The Balaban J connectivity index is 2.25. The molecule has 144 valence electrons. The average molecular weight is 362 g/mol. The van der Waals surface area contributed by atoms with Crippen molar-refractivity contribution in [2.24, 2.45) is 5.92 Å². The van der Waals surface area contributed by atoms with E-state index in [0.29, 0.717) is 24.5 Å². The molecule has 3 N–H and O–H groups in total. The number of carbonyl (C=O) groups excluding carboxylic acids is 2. The molecule has 0 saturated carbocycles. The molecule has 3 amide bonds. The lowest BCUT2D eigenvalue weighted by molar-refractivity contribution is -0.129. The fourth-order valence-electron chi connectivity index (χ4n) is 3.01. The fourth-order valence-corrected chi connectivity index (χ4v) is 3.01. The van der Waals surface area contributed by atoms with Crippen LogP contribution in [0.5, 0.6) is 5.75 Å². The Kier molecular flexibility index (Phi) is 6.34. The number of fused-ring (bicyclic) bond motifs is 1. The van der Waals surface area contributed by atoms with Crippen LogP contribution in [0.1, 0.15) is 26.3 Å². The van der Waals surface area contributed by atoms with Gasteiger partial charge in [-0.15, -0.1) is 0 Å². The summed E-state index contributed by atoms with van der Waals surface area (Å²) in [5, 5.41) is 2.88. The van der Waals surface area contributed by atoms with Crippen LogP contribution in [-0.4, -0.2) is 61.1 Å². The number of anilines is 1. The van der Waals surface area contributed by atoms with Gasteiger partial charge in [0, 0.05) is 43.9 Å². The van der Waals surface area contributed by atoms with Crippen LogP contribution in [0.15, 0.2) is 18.2 Å². The van der Waals surface area contributed by atoms with E-state index in [0.717, 1.165) is 5.56 Å². The molecule has 1 aliphatic rings. The molecule has 1 aliphatic heterocycles. The van der Waals surface area contributed by atoms with Crippen LogP contribution in [0.25, 0.3) is 0 Å². The number of nitrogens with two attached hydrogens (primary N) is 1. The average Bonchev–Trinajstić information content (AvgIpc) is 2.58. The van der Waals surface area contributed by atoms with E-state index in [9.17, 15) is 9.59 Å². The molecule has 0 fully saturated rings. The number of carbonyl (C=O) groups is 2. The lowest BCUT2D eigenvalue weighted by Crippen LogP contribution is -2.48. The third kappa shape index (κ3) is 5.03. The molecule has 7 heteroatoms. The molecule has 0 aromatic heterocycles. The first-order chi connectivity index (χ1) is 12.2. The Bertz CT molecular complexity index is 662. The molecular formula is C19H30N4O3. The van der Waals surface area contributed by atoms with Gasteiger partial charge >= 0.3 is 6.03 Å². The highest BCUT2D eigenvalue weighted by Crippen LogP contribution is 2.27. The lowest BCUT2D eigenvalue weighted by atomic mass is 10.0. The maximum atomic E-state index is 12.5. The molecule has 2 rings (SSSR count). The SMILES string of the molecule is CC(C)NC(=O)N(C)C[C@@H]1Oc2ccc(N)cc2CC(=O)N(C)C[C@H]1C. The summed E-state index contributed by atoms with van der Waals surface area (Å²) in [4.78, 5) is 28.0. The van der Waals surface area contributed by atoms with E-state index < -0.39 is 0 Å². The van der Waals surface area contributed by atoms with Crippen molar-refractivity contribution < 1.29 is 14.3 Å². The number of rotatable bonds is 3. The minimum atomic E-state index is -0.242. The van der Waals surface area contributed by atoms with Gasteiger partial charge in [0.05, 0.1) is 13.0 Å². The molecule has 0 radical (unpaired) electrons. The Morgan fingerprint density at radius 1 is 1.46 bits per heavy atom. The van der Waals surface area contributed by atoms with Crippen LogP contribution in [-0.2, 0) is 11.2 Å². The van der Waals surface area contributed by atoms with Crippen molar-refractivity contribution in [1.82, 2.24) is 15.1 Å². The van der Waals surface area contributed by atoms with Crippen LogP contribution in [0.3, 0.4) is 0 Å². The van der Waals surface area contributed by atoms with Crippen LogP contribution < -0.4 is 15.8 Å². The number of benzene rings is 1. The molecule has 26 heavy (non-hydrogen) atoms. The van der Waals surface area contributed by atoms with Gasteiger partial charge in [-0.3, -0.25) is 4.79 Å². The van der Waals surface area contributed by atoms with Crippen LogP contribution in [0, 0.1) is 5.92 Å². The van der Waals surface area contributed by atoms with Crippen LogP contribution >= 0.6 is 0 Å². The normalized spacial score (nSPS) is 20.5. The number of nitrogen functional groups attached to an aromatic ring is 1. The van der Waals surface area contributed by atoms with Gasteiger partial charge in [0.15, 0.2) is 0 Å². The highest BCUT2D eigenvalue weighted by Gasteiger charge is 2.28. The number of urea groups is 1. The van der Waals surface area contributed by atoms with E-state index in [-0.39, 0.29) is 36.4 Å². The molecule has 1 aromatic carbocycles. The van der Waals surface area contributed by atoms with E-state index in [4.69, 9.17) is 10.5 Å². The Labute approximate surface area is 155 Å². The van der Waals surface area contributed by atoms with Crippen molar-refractivity contribution in [2.75, 3.05) is 32.9 Å². The number of likely N-dealkylation sites (N-methyl/N-ethyl adjacent to an activating group) is 2. The zero-order valence-electron chi connectivity index (χ0n) is 16.3. The van der Waals surface area contributed by atoms with Gasteiger partial charge in [-0.05, 0) is 32.0 Å². The largest absolute Gasteiger partial charge is 0.488 e. The van der Waals surface area contributed by atoms with Crippen molar-refractivity contribution in [3.63, 3.8) is 0 Å². The summed E-state index contributed by atoms with van der Waals surface area (Å²) in [7, 11) is 3.54. The van der Waals surface area contributed by atoms with E-state index in [1.165, 1.54) is 0 Å². The van der Waals surface area contributed by atoms with E-state index in [2.05, 4.69) is 5.32 Å². The van der Waals surface area contributed by atoms with Crippen molar-refractivity contribution in [2.45, 2.75) is 39.3 Å². The van der Waals surface area contributed by atoms with Gasteiger partial charge < -0.3 is 25.6 Å². The van der Waals surface area contributed by atoms with Gasteiger partial charge in [-0.1, -0.05) is 6.92 Å². The number of nitrogens with one attached hydrogen (secondary N) is 1. The first kappa shape index (κ1) is 19.9. The van der Waals surface area contributed by atoms with E-state index in [1.54, 1.807) is 42.1 Å². The maximum absolute atomic E-state index is 12.5. The molecule has 2 atom stereocenters. The van der Waals surface area contributed by atoms with Gasteiger partial charge in [-0.2, -0.15) is 0 Å². The minimum Gasteiger partial charge on any atom is -0.488 e. The fraction of sp³-hybridized carbons (Fsp3) is 0.579. The van der Waals surface area contributed by atoms with Gasteiger partial charge in [-0.25, -0.2) is 4.79 Å². The van der Waals surface area contributed by atoms with E-state index >= 15 is 0 Å². The summed E-state index contributed by atoms with van der Waals surface area (Å²) >= 11 is 0. The number of hydrogen-bond acceptors (Lipinski definition) is 4. The number of hydrogen-bond donors (Lipinski definition) is 2. The summed E-state index contributed by atoms with van der Waals surface area (Å²) in [5.41, 5.74) is 7.25. The zero-order valence-corrected chi connectivity index (χ0v) is 16.3. The second kappa shape index (κ2) is 8.29. The lowest BCUT2D eigenvalue weighted by Gasteiger charge is -2.31. The Morgan fingerprint density at radius 2 is 2.15 bits per heavy atom. The molecular weight excluding hydrogens is 332 g/mol. The van der Waals surface area contributed by atoms with Gasteiger partial charge in [0.1, 0.15) is 11.9 Å². The molecule has 0 saturated heterocycles. The summed E-state index contributed by atoms with van der Waals surface area (Å²) in [5.74, 6) is 0.734. The standard InChI is InChI=1S/C19H30N4O3/c1-12(2)21-19(25)23(5)11-17-13(3)10-22(4)18(24)9-14-8-15(20)6-7-16(14)26-17/h6-8,12-13,17H,9-11,20H2,1-5H3,(H,21,25)/t13-,17+/m1/s1. The van der Waals surface area contributed by atoms with E-state index in [1.807, 2.05) is 20.8 Å². The van der Waals surface area contributed by atoms with Gasteiger partial charge in [0.25, 0.3) is 0 Å². The topological polar surface area (TPSA) is 87.9 Å². The summed E-state index contributed by atoms with van der Waals surface area (Å²) < 4.78 is 6.25. The van der Waals surface area contributed by atoms with Crippen molar-refractivity contribution in [3.8, 4) is 5.75 Å². The van der Waals surface area contributed by atoms with Crippen LogP contribution in [0.2, 0.25) is 0 Å². The first-order valence-corrected chi connectivity index (χ1v) is 8.98. The number of nitrogens with zero attached hydrogens (tertiary/aromatic N) is 2. The maximum Gasteiger partial charge on any atom is 0.317 e. The summed E-state index contributed by atoms with van der Waals surface area (Å²) in [6, 6.07) is 5.27. The first-order valence-electron chi connectivity index (χ1n) is 8.98. The molecule has 0 unspecified atom stereocenters. The van der Waals surface area contributed by atoms with Gasteiger partial charge in [0.2, 0.25) is 5.91 Å². The zero-order chi connectivity index (χ0) is 19.4. The predicted octanol–water partition coefficient (Wildman–Crippen LogP) is 1.72. The molecule has 0 bridgehead atoms. The molecule has 0 aliphatic carbocycles. The molecule has 1 heterocycles. The Morgan fingerprint density at radius 3 is 2.81 bits per heavy atom. The third-order valence-corrected chi connectivity index (χ3v) is 4.54. The molecule has 7 nitrogen and oxygen atoms in total. The smallest absolute Gasteiger partial charge is 0.317 e. The summed E-state index contributed by atoms with van der Waals surface area (Å²) in [6.07, 6.45) is 0.00799. The third-order valence-electron chi connectivity index (χ3n) is 4.54.